The van der Waals surface area contributed by atoms with E-state index in [4.69, 9.17) is 0 Å². The number of rotatable bonds is 4. The number of nitrogens with one attached hydrogen (secondary N) is 1. The van der Waals surface area contributed by atoms with Gasteiger partial charge < -0.3 is 0 Å². The smallest absolute Gasteiger partial charge is 0.264 e. The summed E-state index contributed by atoms with van der Waals surface area (Å²) in [5.41, 5.74) is 0.937. The number of carbonyl (C=O) groups excluding carboxylic acids is 1. The third-order valence-electron chi connectivity index (χ3n) is 2.04. The van der Waals surface area contributed by atoms with Gasteiger partial charge in [-0.05, 0) is 24.6 Å². The van der Waals surface area contributed by atoms with Crippen molar-refractivity contribution in [2.45, 2.75) is 11.8 Å². The van der Waals surface area contributed by atoms with Crippen molar-refractivity contribution in [1.29, 1.82) is 0 Å². The van der Waals surface area contributed by atoms with Crippen molar-refractivity contribution in [3.05, 3.63) is 48.6 Å². The highest BCUT2D eigenvalue weighted by Crippen LogP contribution is 2.11. The molecule has 0 atom stereocenters. The van der Waals surface area contributed by atoms with Crippen molar-refractivity contribution in [2.75, 3.05) is 0 Å². The van der Waals surface area contributed by atoms with Crippen LogP contribution in [0.5, 0.6) is 0 Å². The van der Waals surface area contributed by atoms with Gasteiger partial charge in [-0.2, -0.15) is 0 Å². The van der Waals surface area contributed by atoms with Crippen molar-refractivity contribution in [3.8, 4) is 0 Å². The summed E-state index contributed by atoms with van der Waals surface area (Å²) in [6.45, 7) is 8.37. The average molecular weight is 251 g/mol. The molecule has 0 aliphatic carbocycles. The van der Waals surface area contributed by atoms with Gasteiger partial charge in [-0.3, -0.25) is 4.79 Å². The van der Waals surface area contributed by atoms with E-state index in [1.807, 2.05) is 4.72 Å². The van der Waals surface area contributed by atoms with E-state index < -0.39 is 15.9 Å². The summed E-state index contributed by atoms with van der Waals surface area (Å²) in [6.07, 6.45) is 1.60. The Bertz CT molecular complexity index is 556. The number of sulfonamides is 1. The Morgan fingerprint density at radius 2 is 1.82 bits per heavy atom. The molecule has 1 aromatic carbocycles. The number of amides is 1. The first-order valence-electron chi connectivity index (χ1n) is 4.82. The molecule has 0 saturated carbocycles. The zero-order chi connectivity index (χ0) is 13.1. The first kappa shape index (κ1) is 13.2. The van der Waals surface area contributed by atoms with Crippen LogP contribution in [0, 0.1) is 0 Å². The summed E-state index contributed by atoms with van der Waals surface area (Å²) in [7, 11) is -3.82. The lowest BCUT2D eigenvalue weighted by Gasteiger charge is -2.06. The van der Waals surface area contributed by atoms with E-state index in [9.17, 15) is 13.2 Å². The Balaban J connectivity index is 3.01. The lowest BCUT2D eigenvalue weighted by Crippen LogP contribution is -2.30. The van der Waals surface area contributed by atoms with E-state index in [2.05, 4.69) is 13.2 Å². The van der Waals surface area contributed by atoms with Gasteiger partial charge in [-0.1, -0.05) is 31.4 Å². The zero-order valence-electron chi connectivity index (χ0n) is 9.43. The Morgan fingerprint density at radius 3 is 2.24 bits per heavy atom. The molecule has 0 saturated heterocycles. The molecule has 0 aliphatic rings. The van der Waals surface area contributed by atoms with Crippen molar-refractivity contribution in [1.82, 2.24) is 4.72 Å². The third kappa shape index (κ3) is 3.29. The van der Waals surface area contributed by atoms with Crippen LogP contribution >= 0.6 is 0 Å². The highest BCUT2D eigenvalue weighted by molar-refractivity contribution is 7.90. The Hall–Kier alpha value is -1.88. The quantitative estimate of drug-likeness (QED) is 0.829. The molecule has 1 amide bonds. The maximum Gasteiger partial charge on any atom is 0.264 e. The topological polar surface area (TPSA) is 63.2 Å². The minimum atomic E-state index is -3.82. The minimum Gasteiger partial charge on any atom is -0.269 e. The zero-order valence-corrected chi connectivity index (χ0v) is 10.3. The van der Waals surface area contributed by atoms with Gasteiger partial charge in [0, 0.05) is 5.57 Å². The predicted octanol–water partition coefficient (Wildman–Crippen LogP) is 1.71. The second-order valence-electron chi connectivity index (χ2n) is 3.49. The van der Waals surface area contributed by atoms with E-state index in [0.29, 0.717) is 0 Å². The summed E-state index contributed by atoms with van der Waals surface area (Å²) in [4.78, 5) is 11.3. The molecule has 0 aliphatic heterocycles. The molecule has 0 radical (unpaired) electrons. The molecule has 90 valence electrons. The number of carbonyl (C=O) groups is 1. The third-order valence-corrected chi connectivity index (χ3v) is 3.39. The average Bonchev–Trinajstić information content (AvgIpc) is 2.28. The fraction of sp³-hybridized carbons (Fsp3) is 0.0833. The summed E-state index contributed by atoms with van der Waals surface area (Å²) in [5, 5.41) is 0. The number of benzene rings is 1. The molecule has 0 aromatic heterocycles. The van der Waals surface area contributed by atoms with Gasteiger partial charge in [0.05, 0.1) is 4.90 Å². The van der Waals surface area contributed by atoms with Crippen LogP contribution in [0.25, 0.3) is 6.08 Å². The standard InChI is InChI=1S/C12H13NO3S/c1-4-10-5-7-11(8-6-10)17(15,16)13-12(14)9(2)3/h4-8H,1-2H2,3H3,(H,13,14). The van der Waals surface area contributed by atoms with Crippen molar-refractivity contribution in [3.63, 3.8) is 0 Å². The maximum absolute atomic E-state index is 11.7. The highest BCUT2D eigenvalue weighted by Gasteiger charge is 2.17. The number of hydrogen-bond donors (Lipinski definition) is 1. The van der Waals surface area contributed by atoms with E-state index in [1.54, 1.807) is 18.2 Å². The van der Waals surface area contributed by atoms with Crippen LogP contribution < -0.4 is 4.72 Å². The highest BCUT2D eigenvalue weighted by atomic mass is 32.2. The van der Waals surface area contributed by atoms with Gasteiger partial charge in [-0.15, -0.1) is 0 Å². The van der Waals surface area contributed by atoms with Gasteiger partial charge in [0.2, 0.25) is 0 Å². The summed E-state index contributed by atoms with van der Waals surface area (Å²) in [6, 6.07) is 6.02. The first-order chi connectivity index (χ1) is 7.86. The fourth-order valence-corrected chi connectivity index (χ4v) is 2.08. The molecule has 0 spiro atoms. The van der Waals surface area contributed by atoms with Gasteiger partial charge in [0.1, 0.15) is 0 Å². The molecule has 0 bridgehead atoms. The predicted molar refractivity (Wildman–Crippen MR) is 66.7 cm³/mol. The summed E-state index contributed by atoms with van der Waals surface area (Å²) >= 11 is 0. The molecular formula is C12H13NO3S. The molecule has 0 unspecified atom stereocenters. The Morgan fingerprint density at radius 1 is 1.29 bits per heavy atom. The van der Waals surface area contributed by atoms with Crippen LogP contribution in [-0.4, -0.2) is 14.3 Å². The molecule has 1 N–H and O–H groups in total. The van der Waals surface area contributed by atoms with Gasteiger partial charge in [0.25, 0.3) is 15.9 Å². The molecule has 0 fully saturated rings. The molecular weight excluding hydrogens is 238 g/mol. The van der Waals surface area contributed by atoms with Crippen molar-refractivity contribution in [2.24, 2.45) is 0 Å². The maximum atomic E-state index is 11.7. The van der Waals surface area contributed by atoms with Crippen LogP contribution in [-0.2, 0) is 14.8 Å². The summed E-state index contributed by atoms with van der Waals surface area (Å²) in [5.74, 6) is -0.710. The molecule has 1 aromatic rings. The van der Waals surface area contributed by atoms with E-state index in [-0.39, 0.29) is 10.5 Å². The lowest BCUT2D eigenvalue weighted by molar-refractivity contribution is -0.115. The van der Waals surface area contributed by atoms with Crippen LogP contribution in [0.1, 0.15) is 12.5 Å². The van der Waals surface area contributed by atoms with Gasteiger partial charge in [-0.25, -0.2) is 13.1 Å². The Kier molecular flexibility index (Phi) is 3.85. The molecule has 17 heavy (non-hydrogen) atoms. The molecule has 1 rings (SSSR count). The van der Waals surface area contributed by atoms with E-state index in [1.165, 1.54) is 19.1 Å². The van der Waals surface area contributed by atoms with Crippen LogP contribution in [0.2, 0.25) is 0 Å². The fourth-order valence-electron chi connectivity index (χ4n) is 1.05. The van der Waals surface area contributed by atoms with E-state index >= 15 is 0 Å². The van der Waals surface area contributed by atoms with Crippen molar-refractivity contribution < 1.29 is 13.2 Å². The normalized spacial score (nSPS) is 10.6. The lowest BCUT2D eigenvalue weighted by atomic mass is 10.2. The number of hydrogen-bond acceptors (Lipinski definition) is 3. The largest absolute Gasteiger partial charge is 0.269 e. The molecule has 4 nitrogen and oxygen atoms in total. The second kappa shape index (κ2) is 4.97. The van der Waals surface area contributed by atoms with Crippen molar-refractivity contribution >= 4 is 22.0 Å². The molecule has 5 heteroatoms. The van der Waals surface area contributed by atoms with Gasteiger partial charge >= 0.3 is 0 Å². The Labute approximate surface area is 101 Å². The van der Waals surface area contributed by atoms with Gasteiger partial charge in [0.15, 0.2) is 0 Å². The summed E-state index contributed by atoms with van der Waals surface area (Å²) < 4.78 is 25.4. The monoisotopic (exact) mass is 251 g/mol. The second-order valence-corrected chi connectivity index (χ2v) is 5.17. The van der Waals surface area contributed by atoms with Crippen LogP contribution in [0.15, 0.2) is 47.9 Å². The van der Waals surface area contributed by atoms with Crippen LogP contribution in [0.4, 0.5) is 0 Å². The minimum absolute atomic E-state index is 0.0256. The SMILES string of the molecule is C=Cc1ccc(S(=O)(=O)NC(=O)C(=C)C)cc1. The molecule has 0 heterocycles. The van der Waals surface area contributed by atoms with Crippen LogP contribution in [0.3, 0.4) is 0 Å². The first-order valence-corrected chi connectivity index (χ1v) is 6.30. The van der Waals surface area contributed by atoms with E-state index in [0.717, 1.165) is 5.56 Å².